The van der Waals surface area contributed by atoms with Crippen molar-refractivity contribution in [3.8, 4) is 0 Å². The van der Waals surface area contributed by atoms with Crippen LogP contribution in [0.1, 0.15) is 6.92 Å². The molecule has 1 amide bonds. The van der Waals surface area contributed by atoms with Gasteiger partial charge in [0.15, 0.2) is 0 Å². The van der Waals surface area contributed by atoms with Crippen LogP contribution in [0.25, 0.3) is 0 Å². The summed E-state index contributed by atoms with van der Waals surface area (Å²) in [6.07, 6.45) is -4.16. The number of hydrogen-bond acceptors (Lipinski definition) is 2. The van der Waals surface area contributed by atoms with Crippen LogP contribution in [0.3, 0.4) is 0 Å². The maximum absolute atomic E-state index is 12.1. The summed E-state index contributed by atoms with van der Waals surface area (Å²) in [7, 11) is 0. The molecular weight excluding hydrogens is 289 g/mol. The zero-order valence-electron chi connectivity index (χ0n) is 8.93. The molecule has 3 nitrogen and oxygen atoms in total. The molecule has 1 unspecified atom stereocenters. The van der Waals surface area contributed by atoms with E-state index in [1.54, 1.807) is 11.8 Å². The second-order valence-corrected chi connectivity index (χ2v) is 5.21. The predicted molar refractivity (Wildman–Crippen MR) is 57.5 cm³/mol. The van der Waals surface area contributed by atoms with Crippen molar-refractivity contribution < 1.29 is 18.0 Å². The summed E-state index contributed by atoms with van der Waals surface area (Å²) < 4.78 is 36.3. The molecule has 94 valence electrons. The molecule has 1 aliphatic rings. The Balaban J connectivity index is 2.37. The van der Waals surface area contributed by atoms with Crippen molar-refractivity contribution in [3.05, 3.63) is 0 Å². The Labute approximate surface area is 101 Å². The Morgan fingerprint density at radius 1 is 1.31 bits per heavy atom. The topological polar surface area (TPSA) is 23.6 Å². The highest BCUT2D eigenvalue weighted by Crippen LogP contribution is 2.18. The SMILES string of the molecule is CC(Br)C(=O)N1CCN(CC(F)(F)F)CC1. The summed E-state index contributed by atoms with van der Waals surface area (Å²) >= 11 is 3.15. The van der Waals surface area contributed by atoms with Gasteiger partial charge in [0.1, 0.15) is 0 Å². The minimum absolute atomic E-state index is 0.0633. The summed E-state index contributed by atoms with van der Waals surface area (Å²) in [4.78, 5) is 14.2. The quantitative estimate of drug-likeness (QED) is 0.721. The van der Waals surface area contributed by atoms with E-state index >= 15 is 0 Å². The second kappa shape index (κ2) is 5.35. The molecule has 1 atom stereocenters. The van der Waals surface area contributed by atoms with Gasteiger partial charge in [-0.2, -0.15) is 13.2 Å². The van der Waals surface area contributed by atoms with Crippen LogP contribution in [-0.4, -0.2) is 59.4 Å². The number of nitrogens with zero attached hydrogens (tertiary/aromatic N) is 2. The molecule has 0 N–H and O–H groups in total. The second-order valence-electron chi connectivity index (χ2n) is 3.83. The van der Waals surface area contributed by atoms with Crippen LogP contribution >= 0.6 is 15.9 Å². The highest BCUT2D eigenvalue weighted by molar-refractivity contribution is 9.10. The lowest BCUT2D eigenvalue weighted by Crippen LogP contribution is -2.52. The van der Waals surface area contributed by atoms with Crippen molar-refractivity contribution in [2.75, 3.05) is 32.7 Å². The lowest BCUT2D eigenvalue weighted by molar-refractivity contribution is -0.151. The summed E-state index contributed by atoms with van der Waals surface area (Å²) in [6, 6.07) is 0. The van der Waals surface area contributed by atoms with Gasteiger partial charge in [-0.05, 0) is 6.92 Å². The molecule has 0 bridgehead atoms. The van der Waals surface area contributed by atoms with Crippen molar-refractivity contribution in [2.24, 2.45) is 0 Å². The minimum atomic E-state index is -4.16. The first-order chi connectivity index (χ1) is 7.29. The van der Waals surface area contributed by atoms with E-state index in [2.05, 4.69) is 15.9 Å². The van der Waals surface area contributed by atoms with Gasteiger partial charge in [0, 0.05) is 26.2 Å². The lowest BCUT2D eigenvalue weighted by atomic mass is 10.3. The number of piperazine rings is 1. The number of carbonyl (C=O) groups is 1. The first kappa shape index (κ1) is 13.8. The number of hydrogen-bond donors (Lipinski definition) is 0. The van der Waals surface area contributed by atoms with Crippen molar-refractivity contribution in [1.29, 1.82) is 0 Å². The fourth-order valence-corrected chi connectivity index (χ4v) is 1.92. The van der Waals surface area contributed by atoms with Gasteiger partial charge < -0.3 is 4.90 Å². The molecule has 1 fully saturated rings. The molecule has 16 heavy (non-hydrogen) atoms. The lowest BCUT2D eigenvalue weighted by Gasteiger charge is -2.35. The third-order valence-corrected chi connectivity index (χ3v) is 2.82. The molecule has 0 aromatic carbocycles. The fourth-order valence-electron chi connectivity index (χ4n) is 1.63. The summed E-state index contributed by atoms with van der Waals surface area (Å²) in [5, 5.41) is 0. The maximum Gasteiger partial charge on any atom is 0.401 e. The number of halogens is 4. The number of carbonyl (C=O) groups excluding carboxylic acids is 1. The molecule has 0 radical (unpaired) electrons. The molecule has 1 rings (SSSR count). The molecular formula is C9H14BrF3N2O. The Morgan fingerprint density at radius 2 is 1.81 bits per heavy atom. The van der Waals surface area contributed by atoms with Crippen LogP contribution in [0, 0.1) is 0 Å². The van der Waals surface area contributed by atoms with Crippen molar-refractivity contribution in [3.63, 3.8) is 0 Å². The first-order valence-corrected chi connectivity index (χ1v) is 5.93. The average molecular weight is 303 g/mol. The summed E-state index contributed by atoms with van der Waals surface area (Å²) in [5.74, 6) is -0.0633. The molecule has 0 aliphatic carbocycles. The molecule has 0 aromatic rings. The van der Waals surface area contributed by atoms with Crippen LogP contribution in [0.2, 0.25) is 0 Å². The molecule has 0 saturated carbocycles. The molecule has 0 aromatic heterocycles. The summed E-state index contributed by atoms with van der Waals surface area (Å²) in [6.45, 7) is 2.12. The van der Waals surface area contributed by atoms with Crippen LogP contribution in [-0.2, 0) is 4.79 Å². The van der Waals surface area contributed by atoms with E-state index in [-0.39, 0.29) is 23.8 Å². The van der Waals surface area contributed by atoms with E-state index in [0.717, 1.165) is 0 Å². The number of amides is 1. The van der Waals surface area contributed by atoms with E-state index in [0.29, 0.717) is 13.1 Å². The zero-order chi connectivity index (χ0) is 12.3. The first-order valence-electron chi connectivity index (χ1n) is 5.01. The van der Waals surface area contributed by atoms with Gasteiger partial charge in [0.05, 0.1) is 11.4 Å². The van der Waals surface area contributed by atoms with E-state index in [1.165, 1.54) is 4.90 Å². The zero-order valence-corrected chi connectivity index (χ0v) is 10.5. The number of rotatable bonds is 2. The van der Waals surface area contributed by atoms with Crippen molar-refractivity contribution in [1.82, 2.24) is 9.80 Å². The van der Waals surface area contributed by atoms with Gasteiger partial charge in [-0.15, -0.1) is 0 Å². The summed E-state index contributed by atoms with van der Waals surface area (Å²) in [5.41, 5.74) is 0. The fraction of sp³-hybridized carbons (Fsp3) is 0.889. The van der Waals surface area contributed by atoms with Crippen LogP contribution in [0.5, 0.6) is 0 Å². The van der Waals surface area contributed by atoms with Crippen LogP contribution in [0.15, 0.2) is 0 Å². The smallest absolute Gasteiger partial charge is 0.339 e. The maximum atomic E-state index is 12.1. The standard InChI is InChI=1S/C9H14BrF3N2O/c1-7(10)8(16)15-4-2-14(3-5-15)6-9(11,12)13/h7H,2-6H2,1H3. The molecule has 1 saturated heterocycles. The van der Waals surface area contributed by atoms with Gasteiger partial charge in [-0.1, -0.05) is 15.9 Å². The Morgan fingerprint density at radius 3 is 2.19 bits per heavy atom. The van der Waals surface area contributed by atoms with E-state index in [9.17, 15) is 18.0 Å². The Bertz CT molecular complexity index is 250. The highest BCUT2D eigenvalue weighted by atomic mass is 79.9. The van der Waals surface area contributed by atoms with E-state index in [1.807, 2.05) is 0 Å². The van der Waals surface area contributed by atoms with Crippen molar-refractivity contribution in [2.45, 2.75) is 17.9 Å². The molecule has 7 heteroatoms. The van der Waals surface area contributed by atoms with Gasteiger partial charge in [-0.25, -0.2) is 0 Å². The highest BCUT2D eigenvalue weighted by Gasteiger charge is 2.33. The van der Waals surface area contributed by atoms with Crippen LogP contribution in [0.4, 0.5) is 13.2 Å². The van der Waals surface area contributed by atoms with Gasteiger partial charge in [0.25, 0.3) is 0 Å². The van der Waals surface area contributed by atoms with E-state index < -0.39 is 12.7 Å². The Kier molecular flexibility index (Phi) is 4.61. The number of alkyl halides is 4. The third-order valence-electron chi connectivity index (χ3n) is 2.43. The average Bonchev–Trinajstić information content (AvgIpc) is 2.15. The normalized spacial score (nSPS) is 20.9. The van der Waals surface area contributed by atoms with Crippen LogP contribution < -0.4 is 0 Å². The minimum Gasteiger partial charge on any atom is -0.339 e. The third kappa shape index (κ3) is 4.29. The molecule has 0 spiro atoms. The van der Waals surface area contributed by atoms with E-state index in [4.69, 9.17) is 0 Å². The largest absolute Gasteiger partial charge is 0.401 e. The molecule has 1 aliphatic heterocycles. The van der Waals surface area contributed by atoms with Gasteiger partial charge in [-0.3, -0.25) is 9.69 Å². The van der Waals surface area contributed by atoms with Gasteiger partial charge >= 0.3 is 6.18 Å². The predicted octanol–water partition coefficient (Wildman–Crippen LogP) is 1.48. The monoisotopic (exact) mass is 302 g/mol. The Hall–Kier alpha value is -0.300. The van der Waals surface area contributed by atoms with Crippen molar-refractivity contribution >= 4 is 21.8 Å². The van der Waals surface area contributed by atoms with Gasteiger partial charge in [0.2, 0.25) is 5.91 Å². The molecule has 1 heterocycles.